The molecule has 3 rings (SSSR count). The molecule has 0 saturated carbocycles. The van der Waals surface area contributed by atoms with E-state index >= 15 is 0 Å². The van der Waals surface area contributed by atoms with Crippen LogP contribution >= 0.6 is 11.3 Å². The summed E-state index contributed by atoms with van der Waals surface area (Å²) in [5.41, 5.74) is 1.93. The van der Waals surface area contributed by atoms with Crippen LogP contribution in [0, 0.1) is 22.7 Å². The Kier molecular flexibility index (Phi) is 6.41. The second-order valence-corrected chi connectivity index (χ2v) is 7.09. The van der Waals surface area contributed by atoms with Crippen molar-refractivity contribution in [1.29, 1.82) is 10.5 Å². The van der Waals surface area contributed by atoms with Crippen molar-refractivity contribution in [2.24, 2.45) is 0 Å². The van der Waals surface area contributed by atoms with E-state index in [1.807, 2.05) is 41.8 Å². The summed E-state index contributed by atoms with van der Waals surface area (Å²) in [5.74, 6) is -0.434. The molecule has 8 heteroatoms. The quantitative estimate of drug-likeness (QED) is 0.548. The van der Waals surface area contributed by atoms with Crippen molar-refractivity contribution in [2.45, 2.75) is 12.5 Å². The summed E-state index contributed by atoms with van der Waals surface area (Å²) >= 11 is 1.57. The average molecular weight is 403 g/mol. The molecular formula is C21H17N5O2S. The van der Waals surface area contributed by atoms with Gasteiger partial charge in [-0.15, -0.1) is 11.3 Å². The predicted molar refractivity (Wildman–Crippen MR) is 111 cm³/mol. The van der Waals surface area contributed by atoms with E-state index in [0.717, 1.165) is 15.6 Å². The molecule has 144 valence electrons. The summed E-state index contributed by atoms with van der Waals surface area (Å²) in [5, 5.41) is 28.4. The maximum Gasteiger partial charge on any atom is 0.319 e. The Morgan fingerprint density at radius 2 is 1.83 bits per heavy atom. The molecule has 3 aromatic rings. The Bertz CT molecular complexity index is 1110. The van der Waals surface area contributed by atoms with Gasteiger partial charge in [-0.2, -0.15) is 10.5 Å². The minimum Gasteiger partial charge on any atom is -0.341 e. The lowest BCUT2D eigenvalue weighted by Crippen LogP contribution is -2.49. The first-order valence-electron chi connectivity index (χ1n) is 8.78. The summed E-state index contributed by atoms with van der Waals surface area (Å²) in [6.07, 6.45) is 0.294. The van der Waals surface area contributed by atoms with Crippen molar-refractivity contribution < 1.29 is 9.59 Å². The molecule has 0 radical (unpaired) electrons. The number of hydrogen-bond donors (Lipinski definition) is 3. The summed E-state index contributed by atoms with van der Waals surface area (Å²) < 4.78 is 1.10. The first-order valence-corrected chi connectivity index (χ1v) is 9.66. The Hall–Kier alpha value is -3.88. The maximum atomic E-state index is 12.5. The molecule has 0 bridgehead atoms. The lowest BCUT2D eigenvalue weighted by atomic mass is 10.0. The number of anilines is 1. The van der Waals surface area contributed by atoms with Crippen molar-refractivity contribution >= 4 is 39.0 Å². The molecule has 0 aliphatic heterocycles. The second kappa shape index (κ2) is 9.36. The number of nitriles is 2. The van der Waals surface area contributed by atoms with Gasteiger partial charge in [0.15, 0.2) is 0 Å². The third kappa shape index (κ3) is 5.10. The minimum absolute atomic E-state index is 0.140. The zero-order chi connectivity index (χ0) is 20.6. The van der Waals surface area contributed by atoms with Gasteiger partial charge in [-0.3, -0.25) is 4.79 Å². The molecule has 0 aliphatic carbocycles. The molecule has 7 nitrogen and oxygen atoms in total. The number of fused-ring (bicyclic) bond motifs is 1. The molecule has 3 amide bonds. The van der Waals surface area contributed by atoms with Gasteiger partial charge in [-0.25, -0.2) is 4.79 Å². The summed E-state index contributed by atoms with van der Waals surface area (Å²) in [6, 6.07) is 16.7. The lowest BCUT2D eigenvalue weighted by Gasteiger charge is -2.18. The van der Waals surface area contributed by atoms with Crippen LogP contribution in [-0.2, 0) is 11.2 Å². The van der Waals surface area contributed by atoms with E-state index in [2.05, 4.69) is 16.0 Å². The number of hydrogen-bond acceptors (Lipinski definition) is 5. The number of nitrogens with one attached hydrogen (secondary N) is 3. The zero-order valence-corrected chi connectivity index (χ0v) is 16.1. The van der Waals surface area contributed by atoms with Gasteiger partial charge in [-0.05, 0) is 46.7 Å². The number of thiophene rings is 1. The number of urea groups is 1. The van der Waals surface area contributed by atoms with Gasteiger partial charge in [-0.1, -0.05) is 18.2 Å². The fourth-order valence-corrected chi connectivity index (χ4v) is 3.80. The standard InChI is InChI=1S/C21H17N5O2S/c22-9-10-24-20(27)18(11-15-13-29-19-4-2-1-3-17(15)19)26-21(28)25-16-7-5-14(12-23)6-8-16/h1-8,13,18H,10-11H2,(H,24,27)(H2,25,26,28). The Balaban J connectivity index is 1.74. The van der Waals surface area contributed by atoms with Crippen LogP contribution in [0.2, 0.25) is 0 Å². The van der Waals surface area contributed by atoms with Crippen molar-refractivity contribution in [2.75, 3.05) is 11.9 Å². The van der Waals surface area contributed by atoms with Crippen LogP contribution in [0.15, 0.2) is 53.9 Å². The Morgan fingerprint density at radius 3 is 2.55 bits per heavy atom. The molecule has 0 spiro atoms. The molecule has 1 atom stereocenters. The number of carbonyl (C=O) groups is 2. The molecular weight excluding hydrogens is 386 g/mol. The molecule has 1 unspecified atom stereocenters. The van der Waals surface area contributed by atoms with Gasteiger partial charge < -0.3 is 16.0 Å². The number of rotatable bonds is 6. The van der Waals surface area contributed by atoms with Crippen LogP contribution in [-0.4, -0.2) is 24.5 Å². The minimum atomic E-state index is -0.847. The molecule has 1 heterocycles. The Morgan fingerprint density at radius 1 is 1.07 bits per heavy atom. The van der Waals surface area contributed by atoms with E-state index in [4.69, 9.17) is 10.5 Å². The number of amides is 3. The normalized spacial score (nSPS) is 11.1. The molecule has 3 N–H and O–H groups in total. The van der Waals surface area contributed by atoms with E-state index < -0.39 is 18.0 Å². The fraction of sp³-hybridized carbons (Fsp3) is 0.143. The summed E-state index contributed by atoms with van der Waals surface area (Å²) in [6.45, 7) is -0.140. The highest BCUT2D eigenvalue weighted by Gasteiger charge is 2.22. The SMILES string of the molecule is N#CCNC(=O)C(Cc1csc2ccccc12)NC(=O)Nc1ccc(C#N)cc1. The van der Waals surface area contributed by atoms with Gasteiger partial charge in [0.25, 0.3) is 0 Å². The first-order chi connectivity index (χ1) is 14.1. The van der Waals surface area contributed by atoms with E-state index in [-0.39, 0.29) is 6.54 Å². The average Bonchev–Trinajstić information content (AvgIpc) is 3.15. The van der Waals surface area contributed by atoms with Crippen LogP contribution in [0.25, 0.3) is 10.1 Å². The largest absolute Gasteiger partial charge is 0.341 e. The fourth-order valence-electron chi connectivity index (χ4n) is 2.82. The molecule has 2 aromatic carbocycles. The predicted octanol–water partition coefficient (Wildman–Crippen LogP) is 3.15. The molecule has 29 heavy (non-hydrogen) atoms. The van der Waals surface area contributed by atoms with Crippen molar-refractivity contribution in [3.8, 4) is 12.1 Å². The molecule has 0 saturated heterocycles. The second-order valence-electron chi connectivity index (χ2n) is 6.18. The number of benzene rings is 2. The van der Waals surface area contributed by atoms with Gasteiger partial charge >= 0.3 is 6.03 Å². The van der Waals surface area contributed by atoms with Crippen LogP contribution < -0.4 is 16.0 Å². The van der Waals surface area contributed by atoms with E-state index in [9.17, 15) is 9.59 Å². The van der Waals surface area contributed by atoms with Crippen LogP contribution in [0.1, 0.15) is 11.1 Å². The van der Waals surface area contributed by atoms with Crippen LogP contribution in [0.5, 0.6) is 0 Å². The third-order valence-corrected chi connectivity index (χ3v) is 5.23. The first kappa shape index (κ1) is 19.9. The summed E-state index contributed by atoms with van der Waals surface area (Å²) in [4.78, 5) is 24.9. The lowest BCUT2D eigenvalue weighted by molar-refractivity contribution is -0.122. The van der Waals surface area contributed by atoms with Gasteiger partial charge in [0, 0.05) is 16.8 Å². The highest BCUT2D eigenvalue weighted by molar-refractivity contribution is 7.17. The van der Waals surface area contributed by atoms with Gasteiger partial charge in [0.2, 0.25) is 5.91 Å². The molecule has 0 aliphatic rings. The summed E-state index contributed by atoms with van der Waals surface area (Å²) in [7, 11) is 0. The number of nitrogens with zero attached hydrogens (tertiary/aromatic N) is 2. The molecule has 1 aromatic heterocycles. The van der Waals surface area contributed by atoms with Crippen molar-refractivity contribution in [3.63, 3.8) is 0 Å². The molecule has 0 fully saturated rings. The smallest absolute Gasteiger partial charge is 0.319 e. The highest BCUT2D eigenvalue weighted by atomic mass is 32.1. The third-order valence-electron chi connectivity index (χ3n) is 4.22. The highest BCUT2D eigenvalue weighted by Crippen LogP contribution is 2.26. The number of carbonyl (C=O) groups excluding carboxylic acids is 2. The van der Waals surface area contributed by atoms with Gasteiger partial charge in [0.1, 0.15) is 12.6 Å². The van der Waals surface area contributed by atoms with Crippen molar-refractivity contribution in [3.05, 3.63) is 65.0 Å². The van der Waals surface area contributed by atoms with E-state index in [0.29, 0.717) is 17.7 Å². The Labute approximate surface area is 171 Å². The van der Waals surface area contributed by atoms with Gasteiger partial charge in [0.05, 0.1) is 17.7 Å². The van der Waals surface area contributed by atoms with E-state index in [1.54, 1.807) is 35.6 Å². The van der Waals surface area contributed by atoms with E-state index in [1.165, 1.54) is 0 Å². The van der Waals surface area contributed by atoms with Crippen LogP contribution in [0.4, 0.5) is 10.5 Å². The van der Waals surface area contributed by atoms with Crippen molar-refractivity contribution in [1.82, 2.24) is 10.6 Å². The zero-order valence-electron chi connectivity index (χ0n) is 15.3. The maximum absolute atomic E-state index is 12.5. The monoisotopic (exact) mass is 403 g/mol. The topological polar surface area (TPSA) is 118 Å². The van der Waals surface area contributed by atoms with Crippen LogP contribution in [0.3, 0.4) is 0 Å².